The second-order valence-electron chi connectivity index (χ2n) is 7.83. The summed E-state index contributed by atoms with van der Waals surface area (Å²) in [6.07, 6.45) is 0.478. The number of alkyl halides is 2. The van der Waals surface area contributed by atoms with Gasteiger partial charge in [0.05, 0.1) is 17.3 Å². The lowest BCUT2D eigenvalue weighted by Gasteiger charge is -2.20. The lowest BCUT2D eigenvalue weighted by Crippen LogP contribution is -2.40. The summed E-state index contributed by atoms with van der Waals surface area (Å²) in [4.78, 5) is 24.0. The highest BCUT2D eigenvalue weighted by molar-refractivity contribution is 5.93. The van der Waals surface area contributed by atoms with Crippen molar-refractivity contribution in [2.45, 2.75) is 32.1 Å². The SMILES string of the molecule is CCC(F)(F)c1cccc(-c2cc(NC(=O)C3CCC(=O)NC3)nn2-c2ccccc2)c1. The van der Waals surface area contributed by atoms with E-state index in [4.69, 9.17) is 0 Å². The van der Waals surface area contributed by atoms with E-state index < -0.39 is 5.92 Å². The van der Waals surface area contributed by atoms with Crippen molar-refractivity contribution in [3.63, 3.8) is 0 Å². The van der Waals surface area contributed by atoms with Gasteiger partial charge in [-0.15, -0.1) is 5.10 Å². The Bertz CT molecular complexity index is 1120. The maximum absolute atomic E-state index is 14.3. The molecule has 0 saturated carbocycles. The highest BCUT2D eigenvalue weighted by atomic mass is 19.3. The summed E-state index contributed by atoms with van der Waals surface area (Å²) in [5.41, 5.74) is 1.82. The van der Waals surface area contributed by atoms with Crippen LogP contribution in [0, 0.1) is 5.92 Å². The minimum Gasteiger partial charge on any atom is -0.355 e. The Morgan fingerprint density at radius 1 is 1.19 bits per heavy atom. The van der Waals surface area contributed by atoms with Crippen LogP contribution in [0.15, 0.2) is 60.7 Å². The standard InChI is InChI=1S/C24H24F2N4O2/c1-2-24(25,26)18-8-6-7-16(13-18)20-14-21(29-30(20)19-9-4-3-5-10-19)28-23(32)17-11-12-22(31)27-15-17/h3-10,13-14,17H,2,11-12,15H2,1H3,(H,27,31)(H,28,29,32). The molecule has 0 bridgehead atoms. The molecule has 0 radical (unpaired) electrons. The number of nitrogens with one attached hydrogen (secondary N) is 2. The number of anilines is 1. The van der Waals surface area contributed by atoms with E-state index in [0.717, 1.165) is 5.69 Å². The number of carbonyl (C=O) groups is 2. The van der Waals surface area contributed by atoms with Crippen LogP contribution in [0.1, 0.15) is 31.7 Å². The maximum atomic E-state index is 14.3. The van der Waals surface area contributed by atoms with Gasteiger partial charge >= 0.3 is 0 Å². The van der Waals surface area contributed by atoms with Crippen molar-refractivity contribution >= 4 is 17.6 Å². The van der Waals surface area contributed by atoms with E-state index in [1.165, 1.54) is 19.1 Å². The Labute approximate surface area is 184 Å². The molecule has 0 spiro atoms. The average Bonchev–Trinajstić information content (AvgIpc) is 3.24. The van der Waals surface area contributed by atoms with Crippen molar-refractivity contribution in [3.8, 4) is 16.9 Å². The van der Waals surface area contributed by atoms with Crippen molar-refractivity contribution in [3.05, 3.63) is 66.2 Å². The molecule has 1 aliphatic heterocycles. The van der Waals surface area contributed by atoms with Crippen molar-refractivity contribution in [1.82, 2.24) is 15.1 Å². The fourth-order valence-electron chi connectivity index (χ4n) is 3.71. The first-order valence-electron chi connectivity index (χ1n) is 10.6. The largest absolute Gasteiger partial charge is 0.355 e. The molecule has 0 aliphatic carbocycles. The van der Waals surface area contributed by atoms with Gasteiger partial charge in [-0.25, -0.2) is 13.5 Å². The molecule has 4 rings (SSSR count). The molecule has 32 heavy (non-hydrogen) atoms. The lowest BCUT2D eigenvalue weighted by atomic mass is 9.98. The fourth-order valence-corrected chi connectivity index (χ4v) is 3.71. The second-order valence-corrected chi connectivity index (χ2v) is 7.83. The summed E-state index contributed by atoms with van der Waals surface area (Å²) in [5.74, 6) is -3.26. The normalized spacial score (nSPS) is 16.5. The Balaban J connectivity index is 1.69. The van der Waals surface area contributed by atoms with Crippen molar-refractivity contribution in [2.75, 3.05) is 11.9 Å². The van der Waals surface area contributed by atoms with Crippen LogP contribution in [0.25, 0.3) is 16.9 Å². The molecule has 8 heteroatoms. The van der Waals surface area contributed by atoms with Crippen LogP contribution >= 0.6 is 0 Å². The first-order chi connectivity index (χ1) is 15.4. The summed E-state index contributed by atoms with van der Waals surface area (Å²) >= 11 is 0. The number of halogens is 2. The Kier molecular flexibility index (Phi) is 6.03. The molecule has 1 aromatic heterocycles. The smallest absolute Gasteiger partial charge is 0.273 e. The number of benzene rings is 2. The molecule has 166 valence electrons. The van der Waals surface area contributed by atoms with Gasteiger partial charge in [0.25, 0.3) is 5.92 Å². The Morgan fingerprint density at radius 2 is 1.97 bits per heavy atom. The first kappa shape index (κ1) is 21.7. The van der Waals surface area contributed by atoms with Crippen molar-refractivity contribution in [1.29, 1.82) is 0 Å². The van der Waals surface area contributed by atoms with Crippen LogP contribution in [0.5, 0.6) is 0 Å². The van der Waals surface area contributed by atoms with Gasteiger partial charge in [0.1, 0.15) is 0 Å². The van der Waals surface area contributed by atoms with E-state index in [1.54, 1.807) is 22.9 Å². The zero-order chi connectivity index (χ0) is 22.7. The zero-order valence-corrected chi connectivity index (χ0v) is 17.6. The van der Waals surface area contributed by atoms with Gasteiger partial charge in [0, 0.05) is 36.6 Å². The van der Waals surface area contributed by atoms with E-state index in [2.05, 4.69) is 15.7 Å². The average molecular weight is 438 g/mol. The van der Waals surface area contributed by atoms with Gasteiger partial charge in [-0.2, -0.15) is 0 Å². The molecule has 3 aromatic rings. The first-order valence-corrected chi connectivity index (χ1v) is 10.6. The number of amides is 2. The number of nitrogens with zero attached hydrogens (tertiary/aromatic N) is 2. The predicted molar refractivity (Wildman–Crippen MR) is 118 cm³/mol. The molecule has 2 heterocycles. The van der Waals surface area contributed by atoms with Gasteiger partial charge in [-0.1, -0.05) is 43.3 Å². The number of aromatic nitrogens is 2. The molecular weight excluding hydrogens is 414 g/mol. The molecule has 2 N–H and O–H groups in total. The van der Waals surface area contributed by atoms with Gasteiger partial charge in [-0.3, -0.25) is 9.59 Å². The third kappa shape index (κ3) is 4.54. The fraction of sp³-hybridized carbons (Fsp3) is 0.292. The Morgan fingerprint density at radius 3 is 2.66 bits per heavy atom. The molecule has 1 unspecified atom stereocenters. The summed E-state index contributed by atoms with van der Waals surface area (Å²) < 4.78 is 30.2. The minimum absolute atomic E-state index is 0.0616. The van der Waals surface area contributed by atoms with E-state index in [1.807, 2.05) is 30.3 Å². The van der Waals surface area contributed by atoms with Crippen LogP contribution in [-0.4, -0.2) is 28.1 Å². The number of piperidine rings is 1. The summed E-state index contributed by atoms with van der Waals surface area (Å²) in [6.45, 7) is 1.73. The highest BCUT2D eigenvalue weighted by Crippen LogP contribution is 2.35. The van der Waals surface area contributed by atoms with E-state index in [0.29, 0.717) is 29.9 Å². The topological polar surface area (TPSA) is 76.0 Å². The third-order valence-corrected chi connectivity index (χ3v) is 5.62. The van der Waals surface area contributed by atoms with Crippen molar-refractivity contribution < 1.29 is 18.4 Å². The molecule has 2 aromatic carbocycles. The molecule has 1 fully saturated rings. The second kappa shape index (κ2) is 8.90. The van der Waals surface area contributed by atoms with Crippen molar-refractivity contribution in [2.24, 2.45) is 5.92 Å². The van der Waals surface area contributed by atoms with E-state index in [-0.39, 0.29) is 36.3 Å². The van der Waals surface area contributed by atoms with Gasteiger partial charge in [0.15, 0.2) is 5.82 Å². The molecule has 6 nitrogen and oxygen atoms in total. The predicted octanol–water partition coefficient (Wildman–Crippen LogP) is 4.51. The number of para-hydroxylation sites is 1. The van der Waals surface area contributed by atoms with Gasteiger partial charge < -0.3 is 10.6 Å². The number of hydrogen-bond donors (Lipinski definition) is 2. The molecular formula is C24H24F2N4O2. The molecule has 2 amide bonds. The van der Waals surface area contributed by atoms with Gasteiger partial charge in [0.2, 0.25) is 11.8 Å². The summed E-state index contributed by atoms with van der Waals surface area (Å²) in [5, 5.41) is 10.0. The number of rotatable bonds is 6. The summed E-state index contributed by atoms with van der Waals surface area (Å²) in [7, 11) is 0. The third-order valence-electron chi connectivity index (χ3n) is 5.62. The van der Waals surface area contributed by atoms with E-state index >= 15 is 0 Å². The van der Waals surface area contributed by atoms with Crippen LogP contribution in [0.3, 0.4) is 0 Å². The molecule has 1 aliphatic rings. The Hall–Kier alpha value is -3.55. The summed E-state index contributed by atoms with van der Waals surface area (Å²) in [6, 6.07) is 17.2. The lowest BCUT2D eigenvalue weighted by molar-refractivity contribution is -0.126. The van der Waals surface area contributed by atoms with E-state index in [9.17, 15) is 18.4 Å². The molecule has 1 atom stereocenters. The monoisotopic (exact) mass is 438 g/mol. The molecule has 1 saturated heterocycles. The van der Waals surface area contributed by atoms with Crippen LogP contribution in [0.2, 0.25) is 0 Å². The quantitative estimate of drug-likeness (QED) is 0.595. The van der Waals surface area contributed by atoms with Crippen LogP contribution < -0.4 is 10.6 Å². The maximum Gasteiger partial charge on any atom is 0.273 e. The highest BCUT2D eigenvalue weighted by Gasteiger charge is 2.29. The zero-order valence-electron chi connectivity index (χ0n) is 17.6. The number of carbonyl (C=O) groups excluding carboxylic acids is 2. The van der Waals surface area contributed by atoms with Crippen LogP contribution in [0.4, 0.5) is 14.6 Å². The van der Waals surface area contributed by atoms with Gasteiger partial charge in [-0.05, 0) is 24.6 Å². The number of hydrogen-bond acceptors (Lipinski definition) is 3. The minimum atomic E-state index is -2.93. The van der Waals surface area contributed by atoms with Crippen LogP contribution in [-0.2, 0) is 15.5 Å².